The molecular formula is C17H22BrN3O2S. The van der Waals surface area contributed by atoms with Gasteiger partial charge in [-0.1, -0.05) is 34.1 Å². The fourth-order valence-electron chi connectivity index (χ4n) is 3.13. The maximum Gasteiger partial charge on any atom is 0.152 e. The van der Waals surface area contributed by atoms with Gasteiger partial charge in [-0.25, -0.2) is 8.42 Å². The van der Waals surface area contributed by atoms with E-state index in [9.17, 15) is 8.42 Å². The van der Waals surface area contributed by atoms with E-state index in [1.807, 2.05) is 42.2 Å². The highest BCUT2D eigenvalue weighted by Gasteiger charge is 2.40. The van der Waals surface area contributed by atoms with E-state index in [-0.39, 0.29) is 17.5 Å². The average molecular weight is 412 g/mol. The van der Waals surface area contributed by atoms with E-state index in [1.54, 1.807) is 0 Å². The molecule has 1 aliphatic rings. The van der Waals surface area contributed by atoms with E-state index < -0.39 is 15.4 Å². The van der Waals surface area contributed by atoms with Crippen LogP contribution in [-0.2, 0) is 21.9 Å². The fourth-order valence-corrected chi connectivity index (χ4v) is 5.88. The predicted molar refractivity (Wildman–Crippen MR) is 98.5 cm³/mol. The molecule has 2 heterocycles. The van der Waals surface area contributed by atoms with Crippen molar-refractivity contribution in [2.24, 2.45) is 0 Å². The van der Waals surface area contributed by atoms with Crippen LogP contribution in [0.1, 0.15) is 37.4 Å². The Labute approximate surface area is 151 Å². The van der Waals surface area contributed by atoms with Crippen molar-refractivity contribution in [3.8, 4) is 0 Å². The van der Waals surface area contributed by atoms with Crippen LogP contribution < -0.4 is 5.32 Å². The summed E-state index contributed by atoms with van der Waals surface area (Å²) in [5.74, 6) is 0.415. The molecule has 0 bridgehead atoms. The highest BCUT2D eigenvalue weighted by molar-refractivity contribution is 9.10. The van der Waals surface area contributed by atoms with Crippen molar-refractivity contribution in [3.63, 3.8) is 0 Å². The molecule has 1 aromatic carbocycles. The van der Waals surface area contributed by atoms with E-state index in [1.165, 1.54) is 5.56 Å². The van der Waals surface area contributed by atoms with Gasteiger partial charge in [0.25, 0.3) is 0 Å². The van der Waals surface area contributed by atoms with Crippen molar-refractivity contribution in [2.45, 2.75) is 38.4 Å². The summed E-state index contributed by atoms with van der Waals surface area (Å²) in [4.78, 5) is 0. The smallest absolute Gasteiger partial charge is 0.152 e. The lowest BCUT2D eigenvalue weighted by atomic mass is 10.0. The Morgan fingerprint density at radius 3 is 2.83 bits per heavy atom. The van der Waals surface area contributed by atoms with Crippen LogP contribution >= 0.6 is 15.9 Å². The lowest BCUT2D eigenvalue weighted by Gasteiger charge is -2.22. The minimum Gasteiger partial charge on any atom is -0.306 e. The molecule has 5 nitrogen and oxygen atoms in total. The van der Waals surface area contributed by atoms with E-state index in [0.29, 0.717) is 13.0 Å². The number of nitrogens with one attached hydrogen (secondary N) is 1. The van der Waals surface area contributed by atoms with Crippen LogP contribution in [0.5, 0.6) is 0 Å². The second kappa shape index (κ2) is 6.61. The van der Waals surface area contributed by atoms with E-state index in [4.69, 9.17) is 0 Å². The largest absolute Gasteiger partial charge is 0.306 e. The van der Waals surface area contributed by atoms with E-state index in [0.717, 1.165) is 10.0 Å². The first-order valence-corrected chi connectivity index (χ1v) is 10.6. The zero-order chi connectivity index (χ0) is 17.4. The van der Waals surface area contributed by atoms with Crippen LogP contribution in [0.15, 0.2) is 41.1 Å². The van der Waals surface area contributed by atoms with Gasteiger partial charge in [-0.05, 0) is 31.9 Å². The number of hydrogen-bond acceptors (Lipinski definition) is 4. The van der Waals surface area contributed by atoms with Gasteiger partial charge in [-0.15, -0.1) is 0 Å². The summed E-state index contributed by atoms with van der Waals surface area (Å²) < 4.78 is 26.4. The monoisotopic (exact) mass is 411 g/mol. The first-order chi connectivity index (χ1) is 11.3. The summed E-state index contributed by atoms with van der Waals surface area (Å²) in [7, 11) is -2.94. The predicted octanol–water partition coefficient (Wildman–Crippen LogP) is 3.03. The first-order valence-electron chi connectivity index (χ1n) is 8.01. The molecule has 1 aromatic heterocycles. The zero-order valence-electron chi connectivity index (χ0n) is 13.9. The molecule has 1 N–H and O–H groups in total. The maximum atomic E-state index is 11.8. The van der Waals surface area contributed by atoms with Gasteiger partial charge in [-0.3, -0.25) is 4.68 Å². The maximum absolute atomic E-state index is 11.8. The molecule has 1 saturated heterocycles. The van der Waals surface area contributed by atoms with Gasteiger partial charge in [0.15, 0.2) is 9.84 Å². The third-order valence-corrected chi connectivity index (χ3v) is 7.27. The third-order valence-electron chi connectivity index (χ3n) is 4.66. The quantitative estimate of drug-likeness (QED) is 0.820. The van der Waals surface area contributed by atoms with Crippen LogP contribution in [0.25, 0.3) is 0 Å². The molecule has 0 unspecified atom stereocenters. The number of nitrogens with zero attached hydrogens (tertiary/aromatic N) is 2. The average Bonchev–Trinajstić information content (AvgIpc) is 3.11. The first kappa shape index (κ1) is 17.6. The Hall–Kier alpha value is -1.18. The summed E-state index contributed by atoms with van der Waals surface area (Å²) >= 11 is 3.58. The Kier molecular flexibility index (Phi) is 4.86. The summed E-state index contributed by atoms with van der Waals surface area (Å²) in [6, 6.07) is 8.35. The number of benzene rings is 1. The SMILES string of the molecule is C[C@@H](NCc1cnn([C@@]2(C)CCS(=O)(=O)C2)c1)c1ccccc1Br. The molecule has 130 valence electrons. The molecule has 1 fully saturated rings. The zero-order valence-corrected chi connectivity index (χ0v) is 16.3. The van der Waals surface area contributed by atoms with Gasteiger partial charge in [0.1, 0.15) is 0 Å². The van der Waals surface area contributed by atoms with E-state index in [2.05, 4.69) is 39.3 Å². The molecule has 24 heavy (non-hydrogen) atoms. The lowest BCUT2D eigenvalue weighted by molar-refractivity contribution is 0.328. The van der Waals surface area contributed by atoms with Crippen LogP contribution in [0, 0.1) is 0 Å². The number of sulfone groups is 1. The number of rotatable bonds is 5. The van der Waals surface area contributed by atoms with Crippen molar-refractivity contribution in [1.29, 1.82) is 0 Å². The Bertz CT molecular complexity index is 834. The highest BCUT2D eigenvalue weighted by Crippen LogP contribution is 2.30. The van der Waals surface area contributed by atoms with Crippen molar-refractivity contribution in [2.75, 3.05) is 11.5 Å². The van der Waals surface area contributed by atoms with Crippen molar-refractivity contribution in [3.05, 3.63) is 52.3 Å². The molecule has 0 saturated carbocycles. The summed E-state index contributed by atoms with van der Waals surface area (Å²) in [6.45, 7) is 4.77. The van der Waals surface area contributed by atoms with Gasteiger partial charge in [0.2, 0.25) is 0 Å². The molecule has 0 amide bonds. The van der Waals surface area contributed by atoms with Gasteiger partial charge in [0, 0.05) is 28.8 Å². The Morgan fingerprint density at radius 2 is 2.17 bits per heavy atom. The highest BCUT2D eigenvalue weighted by atomic mass is 79.9. The van der Waals surface area contributed by atoms with Crippen LogP contribution in [-0.4, -0.2) is 29.7 Å². The molecule has 3 rings (SSSR count). The summed E-state index contributed by atoms with van der Waals surface area (Å²) in [5, 5.41) is 7.89. The summed E-state index contributed by atoms with van der Waals surface area (Å²) in [5.41, 5.74) is 1.84. The van der Waals surface area contributed by atoms with Crippen LogP contribution in [0.2, 0.25) is 0 Å². The van der Waals surface area contributed by atoms with Crippen molar-refractivity contribution < 1.29 is 8.42 Å². The molecule has 7 heteroatoms. The van der Waals surface area contributed by atoms with Gasteiger partial charge >= 0.3 is 0 Å². The van der Waals surface area contributed by atoms with Crippen LogP contribution in [0.3, 0.4) is 0 Å². The Balaban J connectivity index is 1.66. The molecule has 0 radical (unpaired) electrons. The molecule has 0 spiro atoms. The third kappa shape index (κ3) is 3.73. The van der Waals surface area contributed by atoms with Crippen molar-refractivity contribution >= 4 is 25.8 Å². The number of halogens is 1. The molecule has 2 aromatic rings. The minimum absolute atomic E-state index is 0.169. The standard InChI is InChI=1S/C17H22BrN3O2S/c1-13(15-5-3-4-6-16(15)18)19-9-14-10-20-21(11-14)17(2)7-8-24(22,23)12-17/h3-6,10-11,13,19H,7-9,12H2,1-2H3/t13-,17+/m1/s1. The Morgan fingerprint density at radius 1 is 1.42 bits per heavy atom. The van der Waals surface area contributed by atoms with Crippen molar-refractivity contribution in [1.82, 2.24) is 15.1 Å². The minimum atomic E-state index is -2.94. The molecule has 1 aliphatic heterocycles. The molecular weight excluding hydrogens is 390 g/mol. The number of aromatic nitrogens is 2. The number of hydrogen-bond donors (Lipinski definition) is 1. The second-order valence-corrected chi connectivity index (χ2v) is 9.79. The second-order valence-electron chi connectivity index (χ2n) is 6.76. The van der Waals surface area contributed by atoms with Gasteiger partial charge in [0.05, 0.1) is 23.2 Å². The molecule has 2 atom stereocenters. The normalized spacial score (nSPS) is 24.1. The topological polar surface area (TPSA) is 64.0 Å². The van der Waals surface area contributed by atoms with Gasteiger partial charge < -0.3 is 5.32 Å². The lowest BCUT2D eigenvalue weighted by Crippen LogP contribution is -2.31. The van der Waals surface area contributed by atoms with Gasteiger partial charge in [-0.2, -0.15) is 5.10 Å². The fraction of sp³-hybridized carbons (Fsp3) is 0.471. The van der Waals surface area contributed by atoms with E-state index >= 15 is 0 Å². The summed E-state index contributed by atoms with van der Waals surface area (Å²) in [6.07, 6.45) is 4.40. The van der Waals surface area contributed by atoms with Crippen LogP contribution in [0.4, 0.5) is 0 Å². The molecule has 0 aliphatic carbocycles.